The number of hydrogen-bond acceptors (Lipinski definition) is 4. The highest BCUT2D eigenvalue weighted by atomic mass is 16.4. The third kappa shape index (κ3) is 2.30. The van der Waals surface area contributed by atoms with E-state index in [0.29, 0.717) is 6.54 Å². The summed E-state index contributed by atoms with van der Waals surface area (Å²) in [5.41, 5.74) is 0.0156. The fraction of sp³-hybridized carbons (Fsp3) is 0.818. The molecule has 1 aromatic rings. The molecule has 0 spiro atoms. The summed E-state index contributed by atoms with van der Waals surface area (Å²) < 4.78 is 1.66. The smallest absolute Gasteiger partial charge is 0.308 e. The van der Waals surface area contributed by atoms with Gasteiger partial charge in [-0.05, 0) is 23.3 Å². The van der Waals surface area contributed by atoms with Crippen LogP contribution in [0.2, 0.25) is 0 Å². The number of aliphatic carboxylic acids is 1. The van der Waals surface area contributed by atoms with Gasteiger partial charge in [0, 0.05) is 5.41 Å². The summed E-state index contributed by atoms with van der Waals surface area (Å²) >= 11 is 0. The van der Waals surface area contributed by atoms with Gasteiger partial charge in [0.25, 0.3) is 0 Å². The second-order valence-corrected chi connectivity index (χ2v) is 5.19. The number of hydrogen-bond donors (Lipinski definition) is 1. The molecule has 6 heteroatoms. The summed E-state index contributed by atoms with van der Waals surface area (Å²) in [5.74, 6) is -0.451. The summed E-state index contributed by atoms with van der Waals surface area (Å²) in [6.45, 7) is 4.17. The van der Waals surface area contributed by atoms with E-state index in [4.69, 9.17) is 5.11 Å². The summed E-state index contributed by atoms with van der Waals surface area (Å²) in [4.78, 5) is 10.9. The monoisotopic (exact) mass is 238 g/mol. The average molecular weight is 238 g/mol. The minimum absolute atomic E-state index is 0.0156. The van der Waals surface area contributed by atoms with Crippen molar-refractivity contribution >= 4 is 5.97 Å². The van der Waals surface area contributed by atoms with Crippen LogP contribution in [0, 0.1) is 5.92 Å². The van der Waals surface area contributed by atoms with E-state index in [9.17, 15) is 4.79 Å². The summed E-state index contributed by atoms with van der Waals surface area (Å²) in [5, 5.41) is 20.6. The molecule has 1 aromatic heterocycles. The highest BCUT2D eigenvalue weighted by Gasteiger charge is 2.36. The molecule has 1 aliphatic rings. The third-order valence-corrected chi connectivity index (χ3v) is 3.65. The SMILES string of the molecule is CC(Cn1nnnc1C1(C)CCCC1)C(=O)O. The van der Waals surface area contributed by atoms with Gasteiger partial charge < -0.3 is 5.11 Å². The first-order valence-corrected chi connectivity index (χ1v) is 6.02. The highest BCUT2D eigenvalue weighted by Crippen LogP contribution is 2.39. The second-order valence-electron chi connectivity index (χ2n) is 5.19. The van der Waals surface area contributed by atoms with Crippen LogP contribution < -0.4 is 0 Å². The van der Waals surface area contributed by atoms with E-state index in [-0.39, 0.29) is 5.41 Å². The van der Waals surface area contributed by atoms with Crippen molar-refractivity contribution in [3.8, 4) is 0 Å². The van der Waals surface area contributed by atoms with E-state index >= 15 is 0 Å². The molecule has 0 radical (unpaired) electrons. The first kappa shape index (κ1) is 12.0. The standard InChI is InChI=1S/C11H18N4O2/c1-8(9(16)17)7-15-10(12-13-14-15)11(2)5-3-4-6-11/h8H,3-7H2,1-2H3,(H,16,17). The van der Waals surface area contributed by atoms with Crippen molar-refractivity contribution in [2.24, 2.45) is 5.92 Å². The zero-order valence-corrected chi connectivity index (χ0v) is 10.3. The maximum Gasteiger partial charge on any atom is 0.308 e. The van der Waals surface area contributed by atoms with Gasteiger partial charge in [-0.15, -0.1) is 5.10 Å². The van der Waals surface area contributed by atoms with Crippen molar-refractivity contribution in [2.45, 2.75) is 51.5 Å². The lowest BCUT2D eigenvalue weighted by atomic mass is 9.88. The molecule has 0 saturated heterocycles. The van der Waals surface area contributed by atoms with Crippen molar-refractivity contribution in [3.05, 3.63) is 5.82 Å². The molecule has 1 saturated carbocycles. The molecule has 17 heavy (non-hydrogen) atoms. The van der Waals surface area contributed by atoms with Crippen LogP contribution in [0.5, 0.6) is 0 Å². The van der Waals surface area contributed by atoms with Crippen LogP contribution >= 0.6 is 0 Å². The molecule has 0 bridgehead atoms. The highest BCUT2D eigenvalue weighted by molar-refractivity contribution is 5.69. The van der Waals surface area contributed by atoms with E-state index in [2.05, 4.69) is 22.4 Å². The zero-order valence-electron chi connectivity index (χ0n) is 10.3. The maximum atomic E-state index is 10.9. The number of carboxylic acid groups (broad SMARTS) is 1. The third-order valence-electron chi connectivity index (χ3n) is 3.65. The first-order chi connectivity index (χ1) is 8.03. The quantitative estimate of drug-likeness (QED) is 0.853. The van der Waals surface area contributed by atoms with Crippen LogP contribution in [0.3, 0.4) is 0 Å². The van der Waals surface area contributed by atoms with Crippen molar-refractivity contribution in [1.29, 1.82) is 0 Å². The van der Waals surface area contributed by atoms with Crippen LogP contribution in [0.25, 0.3) is 0 Å². The van der Waals surface area contributed by atoms with E-state index in [1.165, 1.54) is 12.8 Å². The molecular weight excluding hydrogens is 220 g/mol. The van der Waals surface area contributed by atoms with Crippen molar-refractivity contribution < 1.29 is 9.90 Å². The van der Waals surface area contributed by atoms with Gasteiger partial charge in [-0.2, -0.15) is 0 Å². The zero-order chi connectivity index (χ0) is 12.5. The molecule has 2 rings (SSSR count). The molecule has 0 aliphatic heterocycles. The Labute approximate surface area is 100 Å². The Hall–Kier alpha value is -1.46. The average Bonchev–Trinajstić information content (AvgIpc) is 2.87. The second kappa shape index (κ2) is 4.43. The fourth-order valence-electron chi connectivity index (χ4n) is 2.48. The summed E-state index contributed by atoms with van der Waals surface area (Å²) in [7, 11) is 0. The minimum Gasteiger partial charge on any atom is -0.481 e. The van der Waals surface area contributed by atoms with E-state index < -0.39 is 11.9 Å². The van der Waals surface area contributed by atoms with Gasteiger partial charge in [0.05, 0.1) is 12.5 Å². The Bertz CT molecular complexity index is 409. The van der Waals surface area contributed by atoms with Crippen molar-refractivity contribution in [3.63, 3.8) is 0 Å². The molecule has 0 aromatic carbocycles. The Morgan fingerprint density at radius 1 is 1.53 bits per heavy atom. The number of tetrazole rings is 1. The molecule has 1 aliphatic carbocycles. The number of carboxylic acids is 1. The molecule has 1 fully saturated rings. The topological polar surface area (TPSA) is 80.9 Å². The Morgan fingerprint density at radius 3 is 2.76 bits per heavy atom. The summed E-state index contributed by atoms with van der Waals surface area (Å²) in [6, 6.07) is 0. The van der Waals surface area contributed by atoms with E-state index in [1.54, 1.807) is 11.6 Å². The molecule has 1 unspecified atom stereocenters. The van der Waals surface area contributed by atoms with E-state index in [0.717, 1.165) is 18.7 Å². The first-order valence-electron chi connectivity index (χ1n) is 6.02. The van der Waals surface area contributed by atoms with Crippen LogP contribution in [-0.2, 0) is 16.8 Å². The molecule has 1 atom stereocenters. The molecule has 6 nitrogen and oxygen atoms in total. The lowest BCUT2D eigenvalue weighted by molar-refractivity contribution is -0.141. The minimum atomic E-state index is -0.817. The van der Waals surface area contributed by atoms with E-state index in [1.807, 2.05) is 0 Å². The lowest BCUT2D eigenvalue weighted by Crippen LogP contribution is -2.27. The number of nitrogens with zero attached hydrogens (tertiary/aromatic N) is 4. The largest absolute Gasteiger partial charge is 0.481 e. The van der Waals surface area contributed by atoms with Gasteiger partial charge >= 0.3 is 5.97 Å². The van der Waals surface area contributed by atoms with Crippen LogP contribution in [0.1, 0.15) is 45.4 Å². The summed E-state index contributed by atoms with van der Waals surface area (Å²) in [6.07, 6.45) is 4.54. The number of rotatable bonds is 4. The van der Waals surface area contributed by atoms with Crippen LogP contribution in [-0.4, -0.2) is 31.3 Å². The Morgan fingerprint density at radius 2 is 2.18 bits per heavy atom. The van der Waals surface area contributed by atoms with Gasteiger partial charge in [-0.3, -0.25) is 4.79 Å². The van der Waals surface area contributed by atoms with Gasteiger partial charge in [-0.1, -0.05) is 26.7 Å². The van der Waals surface area contributed by atoms with Crippen molar-refractivity contribution in [1.82, 2.24) is 20.2 Å². The van der Waals surface area contributed by atoms with Gasteiger partial charge in [-0.25, -0.2) is 4.68 Å². The normalized spacial score (nSPS) is 20.4. The Kier molecular flexibility index (Phi) is 3.13. The number of aromatic nitrogens is 4. The predicted octanol–water partition coefficient (Wildman–Crippen LogP) is 1.23. The fourth-order valence-corrected chi connectivity index (χ4v) is 2.48. The molecule has 1 heterocycles. The van der Waals surface area contributed by atoms with Gasteiger partial charge in [0.2, 0.25) is 0 Å². The molecule has 0 amide bonds. The maximum absolute atomic E-state index is 10.9. The molecule has 94 valence electrons. The number of carbonyl (C=O) groups is 1. The predicted molar refractivity (Wildman–Crippen MR) is 60.4 cm³/mol. The van der Waals surface area contributed by atoms with Crippen LogP contribution in [0.4, 0.5) is 0 Å². The Balaban J connectivity index is 2.19. The molecule has 1 N–H and O–H groups in total. The van der Waals surface area contributed by atoms with Crippen molar-refractivity contribution in [2.75, 3.05) is 0 Å². The van der Waals surface area contributed by atoms with Gasteiger partial charge in [0.1, 0.15) is 0 Å². The lowest BCUT2D eigenvalue weighted by Gasteiger charge is -2.22. The molecular formula is C11H18N4O2. The van der Waals surface area contributed by atoms with Gasteiger partial charge in [0.15, 0.2) is 5.82 Å². The van der Waals surface area contributed by atoms with Crippen LogP contribution in [0.15, 0.2) is 0 Å².